The monoisotopic (exact) mass is 333 g/mol. The molecule has 120 valence electrons. The molecule has 1 aromatic carbocycles. The molecule has 2 heterocycles. The van der Waals surface area contributed by atoms with Gasteiger partial charge in [0.15, 0.2) is 16.6 Å². The molecule has 7 nitrogen and oxygen atoms in total. The molecule has 0 aliphatic carbocycles. The van der Waals surface area contributed by atoms with Gasteiger partial charge in [0.25, 0.3) is 5.91 Å². The number of rotatable bonds is 4. The van der Waals surface area contributed by atoms with Gasteiger partial charge in [-0.2, -0.15) is 0 Å². The Labute approximate surface area is 136 Å². The maximum Gasteiger partial charge on any atom is 0.271 e. The molecule has 0 fully saturated rings. The first kappa shape index (κ1) is 15.3. The number of ether oxygens (including phenoxy) is 2. The molecule has 0 bridgehead atoms. The minimum absolute atomic E-state index is 0.0409. The van der Waals surface area contributed by atoms with E-state index in [0.29, 0.717) is 22.3 Å². The summed E-state index contributed by atoms with van der Waals surface area (Å²) in [5.41, 5.74) is 5.64. The van der Waals surface area contributed by atoms with Crippen LogP contribution < -0.4 is 20.5 Å². The lowest BCUT2D eigenvalue weighted by molar-refractivity contribution is -0.128. The number of aromatic nitrogens is 1. The molecule has 0 spiro atoms. The van der Waals surface area contributed by atoms with Gasteiger partial charge in [-0.15, -0.1) is 11.3 Å². The highest BCUT2D eigenvalue weighted by Gasteiger charge is 2.34. The summed E-state index contributed by atoms with van der Waals surface area (Å²) in [6, 6.07) is 7.18. The van der Waals surface area contributed by atoms with Crippen LogP contribution in [-0.2, 0) is 16.0 Å². The average Bonchev–Trinajstić information content (AvgIpc) is 2.92. The fraction of sp³-hybridized carbons (Fsp3) is 0.267. The third-order valence-electron chi connectivity index (χ3n) is 3.24. The summed E-state index contributed by atoms with van der Waals surface area (Å²) in [5, 5.41) is 4.75. The van der Waals surface area contributed by atoms with Crippen molar-refractivity contribution in [1.82, 2.24) is 4.98 Å². The molecule has 0 radical (unpaired) electrons. The third-order valence-corrected chi connectivity index (χ3v) is 4.04. The van der Waals surface area contributed by atoms with E-state index >= 15 is 0 Å². The van der Waals surface area contributed by atoms with Crippen LogP contribution in [0.2, 0.25) is 0 Å². The lowest BCUT2D eigenvalue weighted by atomic mass is 10.1. The van der Waals surface area contributed by atoms with Crippen LogP contribution in [0.25, 0.3) is 0 Å². The Morgan fingerprint density at radius 3 is 2.70 bits per heavy atom. The van der Waals surface area contributed by atoms with Crippen LogP contribution in [0.4, 0.5) is 5.13 Å². The van der Waals surface area contributed by atoms with Gasteiger partial charge < -0.3 is 15.2 Å². The van der Waals surface area contributed by atoms with E-state index in [2.05, 4.69) is 10.3 Å². The predicted molar refractivity (Wildman–Crippen MR) is 84.6 cm³/mol. The summed E-state index contributed by atoms with van der Waals surface area (Å²) < 4.78 is 11.4. The lowest BCUT2D eigenvalue weighted by Gasteiger charge is -2.30. The van der Waals surface area contributed by atoms with Gasteiger partial charge in [-0.25, -0.2) is 4.98 Å². The number of anilines is 1. The van der Waals surface area contributed by atoms with Crippen molar-refractivity contribution in [1.29, 1.82) is 0 Å². The van der Waals surface area contributed by atoms with Crippen molar-refractivity contribution in [3.05, 3.63) is 35.3 Å². The first-order valence-corrected chi connectivity index (χ1v) is 7.87. The second kappa shape index (κ2) is 6.25. The van der Waals surface area contributed by atoms with Crippen LogP contribution in [0, 0.1) is 0 Å². The Balaban J connectivity index is 1.69. The highest BCUT2D eigenvalue weighted by molar-refractivity contribution is 7.13. The quantitative estimate of drug-likeness (QED) is 0.879. The number of hydrogen-bond donors (Lipinski definition) is 2. The van der Waals surface area contributed by atoms with Gasteiger partial charge in [0, 0.05) is 5.38 Å². The first-order valence-electron chi connectivity index (χ1n) is 6.99. The molecule has 23 heavy (non-hydrogen) atoms. The normalized spacial score (nSPS) is 19.2. The number of fused-ring (bicyclic) bond motifs is 1. The van der Waals surface area contributed by atoms with E-state index in [-0.39, 0.29) is 12.3 Å². The van der Waals surface area contributed by atoms with Crippen molar-refractivity contribution in [2.45, 2.75) is 25.6 Å². The van der Waals surface area contributed by atoms with Gasteiger partial charge >= 0.3 is 0 Å². The Kier molecular flexibility index (Phi) is 4.16. The number of nitrogens with one attached hydrogen (secondary N) is 1. The minimum atomic E-state index is -0.784. The molecule has 0 saturated heterocycles. The summed E-state index contributed by atoms with van der Waals surface area (Å²) in [7, 11) is 0. The van der Waals surface area contributed by atoms with Gasteiger partial charge in [-0.05, 0) is 19.1 Å². The van der Waals surface area contributed by atoms with Crippen LogP contribution in [0.5, 0.6) is 11.5 Å². The van der Waals surface area contributed by atoms with Crippen molar-refractivity contribution in [2.24, 2.45) is 5.73 Å². The van der Waals surface area contributed by atoms with Crippen LogP contribution in [0.3, 0.4) is 0 Å². The number of amides is 2. The highest BCUT2D eigenvalue weighted by Crippen LogP contribution is 2.33. The number of primary amides is 1. The van der Waals surface area contributed by atoms with Gasteiger partial charge in [-0.1, -0.05) is 12.1 Å². The molecular formula is C15H15N3O4S. The zero-order valence-electron chi connectivity index (χ0n) is 12.3. The molecule has 8 heteroatoms. The molecule has 2 unspecified atom stereocenters. The number of carbonyl (C=O) groups excluding carboxylic acids is 2. The molecule has 3 rings (SSSR count). The molecule has 2 amide bonds. The summed E-state index contributed by atoms with van der Waals surface area (Å²) in [6.07, 6.45) is -1.18. The number of thiazole rings is 1. The van der Waals surface area contributed by atoms with E-state index in [1.807, 2.05) is 12.1 Å². The number of hydrogen-bond acceptors (Lipinski definition) is 6. The number of benzene rings is 1. The van der Waals surface area contributed by atoms with E-state index in [4.69, 9.17) is 15.2 Å². The van der Waals surface area contributed by atoms with Crippen molar-refractivity contribution in [2.75, 3.05) is 5.32 Å². The third kappa shape index (κ3) is 3.42. The lowest BCUT2D eigenvalue weighted by Crippen LogP contribution is -2.46. The minimum Gasteiger partial charge on any atom is -0.482 e. The van der Waals surface area contributed by atoms with Crippen LogP contribution >= 0.6 is 11.3 Å². The van der Waals surface area contributed by atoms with Crippen molar-refractivity contribution in [3.8, 4) is 11.5 Å². The zero-order chi connectivity index (χ0) is 16.4. The second-order valence-corrected chi connectivity index (χ2v) is 5.94. The van der Waals surface area contributed by atoms with Gasteiger partial charge in [-0.3, -0.25) is 14.9 Å². The molecule has 1 aromatic heterocycles. The molecule has 0 saturated carbocycles. The predicted octanol–water partition coefficient (Wildman–Crippen LogP) is 1.34. The number of carbonyl (C=O) groups is 2. The molecule has 3 N–H and O–H groups in total. The van der Waals surface area contributed by atoms with E-state index in [0.717, 1.165) is 0 Å². The van der Waals surface area contributed by atoms with Gasteiger partial charge in [0.2, 0.25) is 12.0 Å². The summed E-state index contributed by atoms with van der Waals surface area (Å²) >= 11 is 1.22. The number of nitrogens with zero attached hydrogens (tertiary/aromatic N) is 1. The van der Waals surface area contributed by atoms with Gasteiger partial charge in [0.1, 0.15) is 6.10 Å². The summed E-state index contributed by atoms with van der Waals surface area (Å²) in [4.78, 5) is 27.4. The Hall–Kier alpha value is -2.61. The van der Waals surface area contributed by atoms with Crippen molar-refractivity contribution >= 4 is 28.3 Å². The molecular weight excluding hydrogens is 318 g/mol. The topological polar surface area (TPSA) is 104 Å². The maximum absolute atomic E-state index is 12.4. The Morgan fingerprint density at radius 1 is 1.30 bits per heavy atom. The SMILES string of the molecule is CC1Oc2ccccc2OC1C(=O)Nc1nc(CC(N)=O)cs1. The van der Waals surface area contributed by atoms with Crippen molar-refractivity contribution < 1.29 is 19.1 Å². The van der Waals surface area contributed by atoms with E-state index in [1.54, 1.807) is 24.4 Å². The van der Waals surface area contributed by atoms with Crippen LogP contribution in [0.1, 0.15) is 12.6 Å². The Bertz CT molecular complexity index is 746. The summed E-state index contributed by atoms with van der Waals surface area (Å²) in [6.45, 7) is 1.76. The molecule has 1 aliphatic rings. The molecule has 2 aromatic rings. The first-order chi connectivity index (χ1) is 11.0. The summed E-state index contributed by atoms with van der Waals surface area (Å²) in [5.74, 6) is 0.316. The second-order valence-electron chi connectivity index (χ2n) is 5.08. The standard InChI is InChI=1S/C15H15N3O4S/c1-8-13(22-11-5-3-2-4-10(11)21-8)14(20)18-15-17-9(7-23-15)6-12(16)19/h2-5,7-8,13H,6H2,1H3,(H2,16,19)(H,17,18,20). The van der Waals surface area contributed by atoms with Gasteiger partial charge in [0.05, 0.1) is 12.1 Å². The average molecular weight is 333 g/mol. The largest absolute Gasteiger partial charge is 0.482 e. The van der Waals surface area contributed by atoms with Crippen LogP contribution in [0.15, 0.2) is 29.6 Å². The molecule has 1 aliphatic heterocycles. The number of nitrogens with two attached hydrogens (primary N) is 1. The fourth-order valence-corrected chi connectivity index (χ4v) is 2.92. The smallest absolute Gasteiger partial charge is 0.271 e. The zero-order valence-corrected chi connectivity index (χ0v) is 13.1. The Morgan fingerprint density at radius 2 is 2.00 bits per heavy atom. The van der Waals surface area contributed by atoms with Crippen LogP contribution in [-0.4, -0.2) is 29.0 Å². The molecule has 2 atom stereocenters. The van der Waals surface area contributed by atoms with E-state index < -0.39 is 18.1 Å². The van der Waals surface area contributed by atoms with Crippen molar-refractivity contribution in [3.63, 3.8) is 0 Å². The van der Waals surface area contributed by atoms with E-state index in [9.17, 15) is 9.59 Å². The van der Waals surface area contributed by atoms with E-state index in [1.165, 1.54) is 11.3 Å². The fourth-order valence-electron chi connectivity index (χ4n) is 2.21. The highest BCUT2D eigenvalue weighted by atomic mass is 32.1. The number of para-hydroxylation sites is 2. The maximum atomic E-state index is 12.4.